The number of piperazine rings is 1. The minimum absolute atomic E-state index is 0.176. The summed E-state index contributed by atoms with van der Waals surface area (Å²) in [7, 11) is 3.50. The van der Waals surface area contributed by atoms with Gasteiger partial charge in [-0.2, -0.15) is 0 Å². The molecule has 2 unspecified atom stereocenters. The van der Waals surface area contributed by atoms with E-state index < -0.39 is 5.97 Å². The molecule has 1 saturated heterocycles. The van der Waals surface area contributed by atoms with Crippen LogP contribution in [0, 0.1) is 0 Å². The van der Waals surface area contributed by atoms with Crippen molar-refractivity contribution in [3.63, 3.8) is 0 Å². The van der Waals surface area contributed by atoms with Gasteiger partial charge in [-0.25, -0.2) is 4.79 Å². The Morgan fingerprint density at radius 2 is 2.21 bits per heavy atom. The molecule has 2 atom stereocenters. The highest BCUT2D eigenvalue weighted by atomic mass is 16.5. The molecule has 106 valence electrons. The fourth-order valence-corrected chi connectivity index (χ4v) is 2.40. The summed E-state index contributed by atoms with van der Waals surface area (Å²) < 4.78 is 10.2. The highest BCUT2D eigenvalue weighted by Gasteiger charge is 2.27. The van der Waals surface area contributed by atoms with Crippen molar-refractivity contribution in [2.45, 2.75) is 25.9 Å². The van der Waals surface area contributed by atoms with E-state index in [4.69, 9.17) is 4.42 Å². The van der Waals surface area contributed by atoms with Crippen molar-refractivity contribution >= 4 is 5.97 Å². The molecule has 0 aliphatic carbocycles. The fourth-order valence-electron chi connectivity index (χ4n) is 2.40. The monoisotopic (exact) mass is 266 g/mol. The first-order valence-electron chi connectivity index (χ1n) is 6.65. The van der Waals surface area contributed by atoms with Gasteiger partial charge in [0.15, 0.2) is 0 Å². The number of methoxy groups -OCH3 is 1. The van der Waals surface area contributed by atoms with Crippen LogP contribution in [0.3, 0.4) is 0 Å². The Kier molecular flexibility index (Phi) is 4.27. The molecule has 0 bridgehead atoms. The molecule has 0 spiro atoms. The van der Waals surface area contributed by atoms with E-state index in [9.17, 15) is 4.79 Å². The largest absolute Gasteiger partial charge is 0.463 e. The molecule has 1 aromatic heterocycles. The summed E-state index contributed by atoms with van der Waals surface area (Å²) in [5, 5.41) is 0. The zero-order valence-electron chi connectivity index (χ0n) is 12.0. The average Bonchev–Trinajstić information content (AvgIpc) is 2.89. The summed E-state index contributed by atoms with van der Waals surface area (Å²) in [5.74, 6) is 0.661. The summed E-state index contributed by atoms with van der Waals surface area (Å²) in [6.07, 6.45) is 0. The average molecular weight is 266 g/mol. The molecular formula is C14H22N2O3. The Bertz CT molecular complexity index is 444. The predicted molar refractivity (Wildman–Crippen MR) is 72.1 cm³/mol. The number of likely N-dealkylation sites (N-methyl/N-ethyl adjacent to an activating group) is 1. The molecule has 5 heteroatoms. The van der Waals surface area contributed by atoms with Crippen LogP contribution >= 0.6 is 0 Å². The van der Waals surface area contributed by atoms with Gasteiger partial charge >= 0.3 is 5.97 Å². The number of hydrogen-bond donors (Lipinski definition) is 0. The van der Waals surface area contributed by atoms with Crippen LogP contribution in [0.25, 0.3) is 0 Å². The Hall–Kier alpha value is -1.33. The maximum absolute atomic E-state index is 11.4. The first-order chi connectivity index (χ1) is 9.02. The Balaban J connectivity index is 2.05. The fraction of sp³-hybridized carbons (Fsp3) is 0.643. The third kappa shape index (κ3) is 2.98. The lowest BCUT2D eigenvalue weighted by molar-refractivity contribution is 0.0540. The van der Waals surface area contributed by atoms with E-state index in [0.29, 0.717) is 6.04 Å². The maximum atomic E-state index is 11.4. The molecule has 1 fully saturated rings. The predicted octanol–water partition coefficient (Wildman–Crippen LogP) is 1.76. The van der Waals surface area contributed by atoms with Gasteiger partial charge in [0, 0.05) is 25.7 Å². The summed E-state index contributed by atoms with van der Waals surface area (Å²) in [4.78, 5) is 16.1. The van der Waals surface area contributed by atoms with Crippen molar-refractivity contribution in [3.05, 3.63) is 23.7 Å². The SMILES string of the molecule is COC(=O)c1ccc(C(C)N2CCN(C)C(C)C2)o1. The van der Waals surface area contributed by atoms with E-state index in [0.717, 1.165) is 25.4 Å². The van der Waals surface area contributed by atoms with Crippen LogP contribution in [0.4, 0.5) is 0 Å². The molecule has 2 heterocycles. The van der Waals surface area contributed by atoms with E-state index in [2.05, 4.69) is 35.4 Å². The van der Waals surface area contributed by atoms with Gasteiger partial charge in [0.25, 0.3) is 0 Å². The topological polar surface area (TPSA) is 45.9 Å². The first-order valence-corrected chi connectivity index (χ1v) is 6.65. The van der Waals surface area contributed by atoms with Crippen LogP contribution in [-0.2, 0) is 4.74 Å². The third-order valence-electron chi connectivity index (χ3n) is 3.96. The molecule has 0 amide bonds. The molecule has 1 aliphatic rings. The second-order valence-corrected chi connectivity index (χ2v) is 5.19. The van der Waals surface area contributed by atoms with Gasteiger partial charge < -0.3 is 14.1 Å². The first kappa shape index (κ1) is 14.1. The maximum Gasteiger partial charge on any atom is 0.373 e. The Morgan fingerprint density at radius 3 is 2.84 bits per heavy atom. The van der Waals surface area contributed by atoms with Crippen LogP contribution in [-0.4, -0.2) is 55.6 Å². The normalized spacial score (nSPS) is 23.3. The van der Waals surface area contributed by atoms with E-state index >= 15 is 0 Å². The van der Waals surface area contributed by atoms with Crippen molar-refractivity contribution in [3.8, 4) is 0 Å². The van der Waals surface area contributed by atoms with Crippen LogP contribution in [0.5, 0.6) is 0 Å². The second kappa shape index (κ2) is 5.75. The van der Waals surface area contributed by atoms with Gasteiger partial charge in [-0.05, 0) is 33.0 Å². The van der Waals surface area contributed by atoms with Gasteiger partial charge in [-0.3, -0.25) is 4.90 Å². The smallest absolute Gasteiger partial charge is 0.373 e. The zero-order valence-corrected chi connectivity index (χ0v) is 12.0. The van der Waals surface area contributed by atoms with Gasteiger partial charge in [0.1, 0.15) is 5.76 Å². The number of esters is 1. The van der Waals surface area contributed by atoms with Crippen LogP contribution < -0.4 is 0 Å². The molecular weight excluding hydrogens is 244 g/mol. The molecule has 0 N–H and O–H groups in total. The summed E-state index contributed by atoms with van der Waals surface area (Å²) in [5.41, 5.74) is 0. The zero-order chi connectivity index (χ0) is 14.0. The van der Waals surface area contributed by atoms with Crippen LogP contribution in [0.2, 0.25) is 0 Å². The van der Waals surface area contributed by atoms with Gasteiger partial charge in [-0.15, -0.1) is 0 Å². The van der Waals surface area contributed by atoms with E-state index in [1.165, 1.54) is 7.11 Å². The number of furan rings is 1. The molecule has 0 aromatic carbocycles. The summed E-state index contributed by atoms with van der Waals surface area (Å²) in [6.45, 7) is 7.40. The highest BCUT2D eigenvalue weighted by molar-refractivity contribution is 5.86. The highest BCUT2D eigenvalue weighted by Crippen LogP contribution is 2.25. The summed E-state index contributed by atoms with van der Waals surface area (Å²) >= 11 is 0. The van der Waals surface area contributed by atoms with E-state index in [1.807, 2.05) is 6.07 Å². The standard InChI is InChI=1S/C14H22N2O3/c1-10-9-16(8-7-15(10)3)11(2)12-5-6-13(19-12)14(17)18-4/h5-6,10-11H,7-9H2,1-4H3. The summed E-state index contributed by atoms with van der Waals surface area (Å²) in [6, 6.07) is 4.25. The number of carbonyl (C=O) groups excluding carboxylic acids is 1. The molecule has 2 rings (SSSR count). The van der Waals surface area contributed by atoms with E-state index in [1.54, 1.807) is 6.07 Å². The quantitative estimate of drug-likeness (QED) is 0.780. The minimum Gasteiger partial charge on any atom is -0.463 e. The Morgan fingerprint density at radius 1 is 1.47 bits per heavy atom. The van der Waals surface area contributed by atoms with Crippen molar-refractivity contribution in [1.29, 1.82) is 0 Å². The lowest BCUT2D eigenvalue weighted by Crippen LogP contribution is -2.50. The number of ether oxygens (including phenoxy) is 1. The van der Waals surface area contributed by atoms with Gasteiger partial charge in [0.2, 0.25) is 5.76 Å². The van der Waals surface area contributed by atoms with Crippen molar-refractivity contribution in [2.75, 3.05) is 33.8 Å². The van der Waals surface area contributed by atoms with Crippen LogP contribution in [0.15, 0.2) is 16.5 Å². The second-order valence-electron chi connectivity index (χ2n) is 5.19. The minimum atomic E-state index is -0.426. The molecule has 1 aliphatic heterocycles. The van der Waals surface area contributed by atoms with Crippen LogP contribution in [0.1, 0.15) is 36.2 Å². The molecule has 19 heavy (non-hydrogen) atoms. The number of rotatable bonds is 3. The van der Waals surface area contributed by atoms with Crippen molar-refractivity contribution in [1.82, 2.24) is 9.80 Å². The lowest BCUT2D eigenvalue weighted by atomic mass is 10.1. The van der Waals surface area contributed by atoms with Crippen molar-refractivity contribution < 1.29 is 13.9 Å². The third-order valence-corrected chi connectivity index (χ3v) is 3.96. The lowest BCUT2D eigenvalue weighted by Gasteiger charge is -2.40. The number of hydrogen-bond acceptors (Lipinski definition) is 5. The number of nitrogens with zero attached hydrogens (tertiary/aromatic N) is 2. The molecule has 0 saturated carbocycles. The molecule has 5 nitrogen and oxygen atoms in total. The van der Waals surface area contributed by atoms with Gasteiger partial charge in [-0.1, -0.05) is 0 Å². The molecule has 0 radical (unpaired) electrons. The van der Waals surface area contributed by atoms with Crippen molar-refractivity contribution in [2.24, 2.45) is 0 Å². The van der Waals surface area contributed by atoms with Gasteiger partial charge in [0.05, 0.1) is 13.2 Å². The van der Waals surface area contributed by atoms with E-state index in [-0.39, 0.29) is 11.8 Å². The number of carbonyl (C=O) groups is 1. The Labute approximate surface area is 114 Å². The molecule has 1 aromatic rings.